The molecular weight excluding hydrogens is 656 g/mol. The zero-order chi connectivity index (χ0) is 32.7. The molecule has 0 aliphatic carbocycles. The lowest BCUT2D eigenvalue weighted by molar-refractivity contribution is -0.0474. The number of aromatic amines is 1. The molecule has 2 fully saturated rings. The standard InChI is InChI=1S/C22H27N11O11P2/c1-7-3-45(36,37)43-14-8(41-20(9(14)23)32-5-28-10-16(24)26-4-27-17(10)32)2-40-46(38,39)44-15-12(34)21(42-13(7)15)33-6-29-11-18(33)30-22(25)31-19(11)35/h3-6,8-9,12-15,20-21,34H,2,23H2,1H3,(H,36,37)(H,38,39)(H2,24,26,27)(H3,25,30,31,35)/b7-3-/t8-,9-,12-,13-,14-,15+,20-,21-/m1/s1. The summed E-state index contributed by atoms with van der Waals surface area (Å²) in [6.07, 6.45) is -6.28. The van der Waals surface area contributed by atoms with Gasteiger partial charge in [0, 0.05) is 5.82 Å². The second kappa shape index (κ2) is 11.0. The zero-order valence-electron chi connectivity index (χ0n) is 23.5. The maximum atomic E-state index is 13.5. The smallest absolute Gasteiger partial charge is 0.386 e. The van der Waals surface area contributed by atoms with Gasteiger partial charge in [0.2, 0.25) is 5.95 Å². The van der Waals surface area contributed by atoms with Crippen molar-refractivity contribution < 1.29 is 47.1 Å². The van der Waals surface area contributed by atoms with E-state index < -0.39 is 76.6 Å². The number of nitrogens with zero attached hydrogens (tertiary/aromatic N) is 7. The van der Waals surface area contributed by atoms with E-state index in [2.05, 4.69) is 29.9 Å². The van der Waals surface area contributed by atoms with Crippen molar-refractivity contribution in [3.63, 3.8) is 0 Å². The van der Waals surface area contributed by atoms with E-state index in [1.165, 1.54) is 28.7 Å². The first kappa shape index (κ1) is 31.0. The summed E-state index contributed by atoms with van der Waals surface area (Å²) >= 11 is 0. The third-order valence-corrected chi connectivity index (χ3v) is 10.00. The summed E-state index contributed by atoms with van der Waals surface area (Å²) < 4.78 is 57.5. The van der Waals surface area contributed by atoms with Crippen LogP contribution in [0.5, 0.6) is 0 Å². The van der Waals surface area contributed by atoms with Gasteiger partial charge in [0.1, 0.15) is 42.4 Å². The number of ether oxygens (including phenoxy) is 2. The molecule has 0 spiro atoms. The molecule has 3 aliphatic heterocycles. The molecule has 0 radical (unpaired) electrons. The molecule has 46 heavy (non-hydrogen) atoms. The second-order valence-corrected chi connectivity index (χ2v) is 13.8. The Bertz CT molecular complexity index is 2030. The Hall–Kier alpha value is -3.66. The zero-order valence-corrected chi connectivity index (χ0v) is 25.3. The van der Waals surface area contributed by atoms with Crippen LogP contribution in [0.3, 0.4) is 0 Å². The maximum absolute atomic E-state index is 13.5. The highest BCUT2D eigenvalue weighted by molar-refractivity contribution is 7.56. The molecule has 22 nitrogen and oxygen atoms in total. The van der Waals surface area contributed by atoms with Crippen LogP contribution in [0.2, 0.25) is 0 Å². The minimum atomic E-state index is -5.01. The molecule has 10 atom stereocenters. The summed E-state index contributed by atoms with van der Waals surface area (Å²) in [5, 5.41) is 11.3. The molecule has 4 aromatic rings. The molecule has 3 aliphatic rings. The van der Waals surface area contributed by atoms with Crippen molar-refractivity contribution >= 4 is 49.5 Å². The fourth-order valence-corrected chi connectivity index (χ4v) is 8.00. The number of imidazole rings is 2. The van der Waals surface area contributed by atoms with Crippen LogP contribution in [0.4, 0.5) is 11.8 Å². The van der Waals surface area contributed by atoms with E-state index in [0.29, 0.717) is 0 Å². The summed E-state index contributed by atoms with van der Waals surface area (Å²) in [5.74, 6) is 0.690. The van der Waals surface area contributed by atoms with E-state index in [4.69, 9.17) is 40.2 Å². The molecule has 0 aromatic carbocycles. The molecule has 24 heteroatoms. The minimum absolute atomic E-state index is 0.0268. The van der Waals surface area contributed by atoms with Gasteiger partial charge in [0.15, 0.2) is 35.1 Å². The van der Waals surface area contributed by atoms with Gasteiger partial charge in [-0.25, -0.2) is 24.5 Å². The number of hydrogen-bond donors (Lipinski definition) is 7. The lowest BCUT2D eigenvalue weighted by Crippen LogP contribution is -2.42. The Morgan fingerprint density at radius 1 is 0.978 bits per heavy atom. The van der Waals surface area contributed by atoms with Crippen molar-refractivity contribution in [1.29, 1.82) is 0 Å². The van der Waals surface area contributed by atoms with Crippen LogP contribution in [0.25, 0.3) is 22.3 Å². The van der Waals surface area contributed by atoms with E-state index in [-0.39, 0.29) is 39.7 Å². The van der Waals surface area contributed by atoms with Crippen LogP contribution in [-0.2, 0) is 32.2 Å². The molecule has 7 rings (SSSR count). The average molecular weight is 683 g/mol. The number of anilines is 2. The van der Waals surface area contributed by atoms with Crippen LogP contribution in [0.1, 0.15) is 19.4 Å². The second-order valence-electron chi connectivity index (χ2n) is 10.8. The Kier molecular flexibility index (Phi) is 7.38. The largest absolute Gasteiger partial charge is 0.472 e. The first-order chi connectivity index (χ1) is 21.7. The number of rotatable bonds is 2. The lowest BCUT2D eigenvalue weighted by Gasteiger charge is -2.27. The van der Waals surface area contributed by atoms with E-state index >= 15 is 0 Å². The number of nitrogens with two attached hydrogens (primary N) is 3. The number of nitrogen functional groups attached to an aromatic ring is 2. The Balaban J connectivity index is 1.23. The van der Waals surface area contributed by atoms with Gasteiger partial charge < -0.3 is 41.6 Å². The number of phosphoric acid groups is 1. The van der Waals surface area contributed by atoms with Crippen LogP contribution >= 0.6 is 15.4 Å². The van der Waals surface area contributed by atoms with Gasteiger partial charge in [0.25, 0.3) is 5.56 Å². The number of phosphoric ester groups is 1. The van der Waals surface area contributed by atoms with Gasteiger partial charge in [0.05, 0.1) is 25.3 Å². The maximum Gasteiger partial charge on any atom is 0.472 e. The third-order valence-electron chi connectivity index (χ3n) is 7.73. The van der Waals surface area contributed by atoms with Gasteiger partial charge in [-0.3, -0.25) is 37.0 Å². The number of aliphatic hydroxyl groups excluding tert-OH is 1. The number of fused-ring (bicyclic) bond motifs is 4. The molecular formula is C22H27N11O11P2. The molecule has 0 saturated carbocycles. The van der Waals surface area contributed by atoms with E-state index in [1.54, 1.807) is 0 Å². The molecule has 10 N–H and O–H groups in total. The SMILES string of the molecule is C/C1=C/P(=O)(O)O[C@H]2[C@@H](N)[C@H](n3cnc4c(N)ncnc43)O[C@@H]2COP(=O)(O)O[C@H]2[C@@H](O)[C@H](n3cnc4c(=O)[nH]c(N)nc43)O[C@H]12. The van der Waals surface area contributed by atoms with Crippen molar-refractivity contribution in [3.8, 4) is 0 Å². The summed E-state index contributed by atoms with van der Waals surface area (Å²) in [6.45, 7) is 0.655. The van der Waals surface area contributed by atoms with Gasteiger partial charge in [-0.15, -0.1) is 0 Å². The number of nitrogens with one attached hydrogen (secondary N) is 1. The number of aliphatic hydroxyl groups is 1. The molecule has 0 bridgehead atoms. The van der Waals surface area contributed by atoms with Crippen molar-refractivity contribution in [2.75, 3.05) is 18.1 Å². The van der Waals surface area contributed by atoms with Crippen molar-refractivity contribution in [2.45, 2.75) is 55.9 Å². The van der Waals surface area contributed by atoms with Crippen molar-refractivity contribution in [1.82, 2.24) is 39.0 Å². The van der Waals surface area contributed by atoms with Gasteiger partial charge >= 0.3 is 15.4 Å². The molecule has 246 valence electrons. The topological polar surface area (TPSA) is 326 Å². The van der Waals surface area contributed by atoms with Crippen LogP contribution in [0.15, 0.2) is 35.2 Å². The fraction of sp³-hybridized carbons (Fsp3) is 0.455. The van der Waals surface area contributed by atoms with Crippen LogP contribution in [0, 0.1) is 0 Å². The first-order valence-electron chi connectivity index (χ1n) is 13.5. The molecule has 0 amide bonds. The Morgan fingerprint density at radius 2 is 1.70 bits per heavy atom. The highest BCUT2D eigenvalue weighted by Crippen LogP contribution is 2.54. The minimum Gasteiger partial charge on any atom is -0.386 e. The van der Waals surface area contributed by atoms with Gasteiger partial charge in [-0.05, 0) is 12.5 Å². The quantitative estimate of drug-likeness (QED) is 0.119. The lowest BCUT2D eigenvalue weighted by atomic mass is 10.1. The van der Waals surface area contributed by atoms with E-state index in [1.807, 2.05) is 0 Å². The predicted octanol–water partition coefficient (Wildman–Crippen LogP) is -1.40. The summed E-state index contributed by atoms with van der Waals surface area (Å²) in [7, 11) is -9.70. The van der Waals surface area contributed by atoms with Gasteiger partial charge in [-0.2, -0.15) is 4.98 Å². The number of H-pyrrole nitrogens is 1. The third kappa shape index (κ3) is 5.22. The first-order valence-corrected chi connectivity index (χ1v) is 16.6. The summed E-state index contributed by atoms with van der Waals surface area (Å²) in [6, 6.07) is -1.16. The molecule has 2 saturated heterocycles. The van der Waals surface area contributed by atoms with Crippen LogP contribution < -0.4 is 22.8 Å². The Labute approximate surface area is 256 Å². The predicted molar refractivity (Wildman–Crippen MR) is 153 cm³/mol. The number of aromatic nitrogens is 8. The summed E-state index contributed by atoms with van der Waals surface area (Å²) in [4.78, 5) is 56.5. The van der Waals surface area contributed by atoms with E-state index in [9.17, 15) is 28.8 Å². The normalized spacial score (nSPS) is 38.2. The van der Waals surface area contributed by atoms with Crippen molar-refractivity contribution in [3.05, 3.63) is 40.7 Å². The molecule has 4 aromatic heterocycles. The highest BCUT2D eigenvalue weighted by Gasteiger charge is 2.53. The van der Waals surface area contributed by atoms with Crippen molar-refractivity contribution in [2.24, 2.45) is 5.73 Å². The summed E-state index contributed by atoms with van der Waals surface area (Å²) in [5.41, 5.74) is 17.6. The molecule has 7 heterocycles. The molecule has 2 unspecified atom stereocenters. The average Bonchev–Trinajstić information content (AvgIpc) is 3.73. The monoisotopic (exact) mass is 683 g/mol. The van der Waals surface area contributed by atoms with Gasteiger partial charge in [-0.1, -0.05) is 0 Å². The number of hydrogen-bond acceptors (Lipinski definition) is 17. The fourth-order valence-electron chi connectivity index (χ4n) is 5.72. The highest BCUT2D eigenvalue weighted by atomic mass is 31.2. The van der Waals surface area contributed by atoms with E-state index in [0.717, 1.165) is 12.1 Å². The van der Waals surface area contributed by atoms with Crippen LogP contribution in [-0.4, -0.2) is 97.1 Å². The Morgan fingerprint density at radius 3 is 2.46 bits per heavy atom.